The number of rotatable bonds is 1. The van der Waals surface area contributed by atoms with Gasteiger partial charge in [-0.25, -0.2) is 9.48 Å². The van der Waals surface area contributed by atoms with E-state index in [0.717, 1.165) is 0 Å². The highest BCUT2D eigenvalue weighted by molar-refractivity contribution is 5.80. The average molecular weight is 237 g/mol. The van der Waals surface area contributed by atoms with Crippen LogP contribution in [0.5, 0.6) is 5.88 Å². The van der Waals surface area contributed by atoms with Crippen molar-refractivity contribution in [2.45, 2.75) is 0 Å². The first-order chi connectivity index (χ1) is 7.99. The first-order valence-electron chi connectivity index (χ1n) is 4.71. The zero-order valence-electron chi connectivity index (χ0n) is 9.58. The van der Waals surface area contributed by atoms with Gasteiger partial charge in [0.05, 0.1) is 0 Å². The van der Waals surface area contributed by atoms with Gasteiger partial charge in [0.15, 0.2) is 11.2 Å². The van der Waals surface area contributed by atoms with Gasteiger partial charge in [-0.15, -0.1) is 5.10 Å². The zero-order chi connectivity index (χ0) is 12.6. The molecule has 0 saturated carbocycles. The van der Waals surface area contributed by atoms with Crippen LogP contribution in [0.4, 0.5) is 10.7 Å². The van der Waals surface area contributed by atoms with Crippen molar-refractivity contribution in [1.82, 2.24) is 29.9 Å². The monoisotopic (exact) mass is 237 g/mol. The third-order valence-electron chi connectivity index (χ3n) is 1.99. The van der Waals surface area contributed by atoms with Crippen molar-refractivity contribution in [2.24, 2.45) is 7.05 Å². The van der Waals surface area contributed by atoms with Crippen LogP contribution in [0.25, 0.3) is 11.2 Å². The Morgan fingerprint density at radius 2 is 2.12 bits per heavy atom. The molecule has 2 rings (SSSR count). The second-order valence-electron chi connectivity index (χ2n) is 3.53. The summed E-state index contributed by atoms with van der Waals surface area (Å²) >= 11 is 0. The summed E-state index contributed by atoms with van der Waals surface area (Å²) < 4.78 is 6.44. The van der Waals surface area contributed by atoms with E-state index in [1.54, 1.807) is 21.1 Å². The number of amides is 1. The van der Waals surface area contributed by atoms with Crippen molar-refractivity contribution >= 4 is 23.2 Å². The number of aromatic nitrogens is 5. The van der Waals surface area contributed by atoms with E-state index in [9.17, 15) is 4.79 Å². The molecule has 0 spiro atoms. The van der Waals surface area contributed by atoms with E-state index >= 15 is 0 Å². The Bertz CT molecular complexity index is 577. The maximum Gasteiger partial charge on any atom is 0.416 e. The SMILES string of the molecule is CN(C)C(=O)Oc1nc(N)nc2c1nnn2C. The van der Waals surface area contributed by atoms with E-state index in [4.69, 9.17) is 10.5 Å². The summed E-state index contributed by atoms with van der Waals surface area (Å²) in [5, 5.41) is 7.56. The molecule has 0 aromatic carbocycles. The van der Waals surface area contributed by atoms with Gasteiger partial charge in [-0.1, -0.05) is 5.21 Å². The molecule has 0 aliphatic rings. The summed E-state index contributed by atoms with van der Waals surface area (Å²) in [6.45, 7) is 0. The highest BCUT2D eigenvalue weighted by Crippen LogP contribution is 2.20. The van der Waals surface area contributed by atoms with Gasteiger partial charge in [-0.3, -0.25) is 0 Å². The number of carbonyl (C=O) groups excluding carboxylic acids is 1. The molecule has 2 aromatic heterocycles. The fraction of sp³-hybridized carbons (Fsp3) is 0.375. The molecule has 2 N–H and O–H groups in total. The summed E-state index contributed by atoms with van der Waals surface area (Å²) in [4.78, 5) is 20.5. The van der Waals surface area contributed by atoms with Gasteiger partial charge in [0.1, 0.15) is 0 Å². The first-order valence-corrected chi connectivity index (χ1v) is 4.71. The van der Waals surface area contributed by atoms with Crippen LogP contribution < -0.4 is 10.5 Å². The molecule has 0 aliphatic heterocycles. The van der Waals surface area contributed by atoms with Gasteiger partial charge in [-0.05, 0) is 0 Å². The number of aryl methyl sites for hydroxylation is 1. The maximum atomic E-state index is 11.4. The average Bonchev–Trinajstić information content (AvgIpc) is 2.60. The van der Waals surface area contributed by atoms with Crippen molar-refractivity contribution in [3.8, 4) is 5.88 Å². The summed E-state index contributed by atoms with van der Waals surface area (Å²) in [7, 11) is 4.76. The van der Waals surface area contributed by atoms with Crippen LogP contribution in [0.3, 0.4) is 0 Å². The quantitative estimate of drug-likeness (QED) is 0.704. The molecule has 0 bridgehead atoms. The minimum absolute atomic E-state index is 0.000648. The van der Waals surface area contributed by atoms with Gasteiger partial charge < -0.3 is 15.4 Å². The Morgan fingerprint density at radius 1 is 1.41 bits per heavy atom. The van der Waals surface area contributed by atoms with Crippen LogP contribution in [0, 0.1) is 0 Å². The fourth-order valence-electron chi connectivity index (χ4n) is 1.15. The molecule has 0 atom stereocenters. The normalized spacial score (nSPS) is 10.5. The van der Waals surface area contributed by atoms with Crippen LogP contribution in [-0.2, 0) is 7.05 Å². The second kappa shape index (κ2) is 3.85. The van der Waals surface area contributed by atoms with Crippen molar-refractivity contribution in [3.05, 3.63) is 0 Å². The molecular formula is C8H11N7O2. The summed E-state index contributed by atoms with van der Waals surface area (Å²) in [6.07, 6.45) is -0.574. The molecule has 0 fully saturated rings. The van der Waals surface area contributed by atoms with Crippen LogP contribution >= 0.6 is 0 Å². The number of fused-ring (bicyclic) bond motifs is 1. The number of nitrogens with zero attached hydrogens (tertiary/aromatic N) is 6. The van der Waals surface area contributed by atoms with Gasteiger partial charge in [-0.2, -0.15) is 9.97 Å². The molecule has 0 aliphatic carbocycles. The van der Waals surface area contributed by atoms with Gasteiger partial charge in [0, 0.05) is 21.1 Å². The molecule has 90 valence electrons. The minimum Gasteiger partial charge on any atom is -0.388 e. The molecule has 1 amide bonds. The van der Waals surface area contributed by atoms with Crippen molar-refractivity contribution < 1.29 is 9.53 Å². The number of anilines is 1. The Morgan fingerprint density at radius 3 is 2.76 bits per heavy atom. The molecule has 0 radical (unpaired) electrons. The van der Waals surface area contributed by atoms with Gasteiger partial charge in [0.25, 0.3) is 5.88 Å². The third kappa shape index (κ3) is 1.94. The summed E-state index contributed by atoms with van der Waals surface area (Å²) in [5.41, 5.74) is 6.20. The van der Waals surface area contributed by atoms with Gasteiger partial charge in [0.2, 0.25) is 5.95 Å². The number of nitrogen functional groups attached to an aromatic ring is 1. The van der Waals surface area contributed by atoms with Crippen LogP contribution in [0.15, 0.2) is 0 Å². The lowest BCUT2D eigenvalue weighted by Crippen LogP contribution is -2.26. The van der Waals surface area contributed by atoms with Crippen LogP contribution in [0.1, 0.15) is 0 Å². The van der Waals surface area contributed by atoms with Crippen molar-refractivity contribution in [2.75, 3.05) is 19.8 Å². The number of hydrogen-bond acceptors (Lipinski definition) is 7. The van der Waals surface area contributed by atoms with Crippen molar-refractivity contribution in [3.63, 3.8) is 0 Å². The fourth-order valence-corrected chi connectivity index (χ4v) is 1.15. The highest BCUT2D eigenvalue weighted by Gasteiger charge is 2.17. The van der Waals surface area contributed by atoms with Crippen LogP contribution in [-0.4, -0.2) is 50.1 Å². The maximum absolute atomic E-state index is 11.4. The Labute approximate surface area is 96.2 Å². The largest absolute Gasteiger partial charge is 0.416 e. The standard InChI is InChI=1S/C8H11N7O2/c1-14(2)8(16)17-6-4-5(10-7(9)11-6)15(3)13-12-4/h1-3H3,(H2,9,10,11). The Balaban J connectivity index is 2.49. The number of carbonyl (C=O) groups is 1. The molecule has 9 heteroatoms. The first kappa shape index (κ1) is 11.0. The minimum atomic E-state index is -0.574. The predicted octanol–water partition coefficient (Wildman–Crippen LogP) is -0.599. The molecule has 2 heterocycles. The molecule has 0 saturated heterocycles. The highest BCUT2D eigenvalue weighted by atomic mass is 16.6. The topological polar surface area (TPSA) is 112 Å². The zero-order valence-corrected chi connectivity index (χ0v) is 9.58. The summed E-state index contributed by atoms with van der Waals surface area (Å²) in [6, 6.07) is 0. The van der Waals surface area contributed by atoms with E-state index in [2.05, 4.69) is 20.3 Å². The number of hydrogen-bond donors (Lipinski definition) is 1. The Kier molecular flexibility index (Phi) is 2.50. The molecule has 0 unspecified atom stereocenters. The van der Waals surface area contributed by atoms with Gasteiger partial charge >= 0.3 is 6.09 Å². The number of nitrogens with two attached hydrogens (primary N) is 1. The molecule has 17 heavy (non-hydrogen) atoms. The van der Waals surface area contributed by atoms with Crippen LogP contribution in [0.2, 0.25) is 0 Å². The molecular weight excluding hydrogens is 226 g/mol. The van der Waals surface area contributed by atoms with E-state index in [1.165, 1.54) is 9.58 Å². The lowest BCUT2D eigenvalue weighted by atomic mass is 10.5. The van der Waals surface area contributed by atoms with E-state index in [-0.39, 0.29) is 17.3 Å². The second-order valence-corrected chi connectivity index (χ2v) is 3.53. The van der Waals surface area contributed by atoms with Crippen molar-refractivity contribution in [1.29, 1.82) is 0 Å². The number of ether oxygens (including phenoxy) is 1. The molecule has 2 aromatic rings. The van der Waals surface area contributed by atoms with E-state index in [0.29, 0.717) is 5.65 Å². The predicted molar refractivity (Wildman–Crippen MR) is 58.2 cm³/mol. The lowest BCUT2D eigenvalue weighted by Gasteiger charge is -2.09. The molecule has 9 nitrogen and oxygen atoms in total. The smallest absolute Gasteiger partial charge is 0.388 e. The summed E-state index contributed by atoms with van der Waals surface area (Å²) in [5.74, 6) is -0.0104. The Hall–Kier alpha value is -2.45. The van der Waals surface area contributed by atoms with E-state index < -0.39 is 6.09 Å². The van der Waals surface area contributed by atoms with E-state index in [1.807, 2.05) is 0 Å². The lowest BCUT2D eigenvalue weighted by molar-refractivity contribution is 0.170. The third-order valence-corrected chi connectivity index (χ3v) is 1.99.